The fraction of sp³-hybridized carbons (Fsp3) is 0.846. The Morgan fingerprint density at radius 3 is 2.32 bits per heavy atom. The highest BCUT2D eigenvalue weighted by Gasteiger charge is 2.18. The largest absolute Gasteiger partial charge is 0.465 e. The molecule has 0 aromatic rings. The molecular formula is C13H26N2O4. The lowest BCUT2D eigenvalue weighted by molar-refractivity contribution is -0.145. The van der Waals surface area contributed by atoms with Gasteiger partial charge in [0.05, 0.1) is 26.3 Å². The SMILES string of the molecule is CCOC(=O)CN(CC(=O)NC(C)COC)C(C)C. The highest BCUT2D eigenvalue weighted by Crippen LogP contribution is 1.99. The van der Waals surface area contributed by atoms with Crippen molar-refractivity contribution < 1.29 is 19.1 Å². The van der Waals surface area contributed by atoms with Crippen molar-refractivity contribution in [1.29, 1.82) is 0 Å². The molecule has 0 saturated carbocycles. The molecule has 1 unspecified atom stereocenters. The number of esters is 1. The van der Waals surface area contributed by atoms with Gasteiger partial charge in [0.2, 0.25) is 5.91 Å². The maximum atomic E-state index is 11.8. The van der Waals surface area contributed by atoms with Crippen molar-refractivity contribution in [2.45, 2.75) is 39.8 Å². The third kappa shape index (κ3) is 8.56. The first-order valence-electron chi connectivity index (χ1n) is 6.58. The molecule has 0 bridgehead atoms. The zero-order valence-corrected chi connectivity index (χ0v) is 12.6. The third-order valence-electron chi connectivity index (χ3n) is 2.54. The molecule has 6 nitrogen and oxygen atoms in total. The molecular weight excluding hydrogens is 248 g/mol. The van der Waals surface area contributed by atoms with Crippen LogP contribution in [0.3, 0.4) is 0 Å². The first-order valence-corrected chi connectivity index (χ1v) is 6.58. The number of nitrogens with one attached hydrogen (secondary N) is 1. The van der Waals surface area contributed by atoms with Crippen molar-refractivity contribution in [3.8, 4) is 0 Å². The van der Waals surface area contributed by atoms with Crippen LogP contribution in [-0.4, -0.2) is 62.3 Å². The molecule has 0 aliphatic carbocycles. The predicted molar refractivity (Wildman–Crippen MR) is 72.8 cm³/mol. The Labute approximate surface area is 115 Å². The Morgan fingerprint density at radius 2 is 1.84 bits per heavy atom. The summed E-state index contributed by atoms with van der Waals surface area (Å²) in [5.41, 5.74) is 0. The Morgan fingerprint density at radius 1 is 1.21 bits per heavy atom. The molecule has 0 radical (unpaired) electrons. The average molecular weight is 274 g/mol. The number of amides is 1. The fourth-order valence-electron chi connectivity index (χ4n) is 1.59. The van der Waals surface area contributed by atoms with E-state index in [4.69, 9.17) is 9.47 Å². The minimum Gasteiger partial charge on any atom is -0.465 e. The second kappa shape index (κ2) is 9.75. The summed E-state index contributed by atoms with van der Waals surface area (Å²) in [5.74, 6) is -0.434. The first-order chi connectivity index (χ1) is 8.90. The van der Waals surface area contributed by atoms with Crippen LogP contribution in [0.5, 0.6) is 0 Å². The number of rotatable bonds is 9. The van der Waals surface area contributed by atoms with Crippen molar-refractivity contribution >= 4 is 11.9 Å². The second-order valence-corrected chi connectivity index (χ2v) is 4.73. The van der Waals surface area contributed by atoms with E-state index in [-0.39, 0.29) is 37.0 Å². The molecule has 0 fully saturated rings. The molecule has 0 rings (SSSR count). The van der Waals surface area contributed by atoms with Gasteiger partial charge in [-0.05, 0) is 27.7 Å². The van der Waals surface area contributed by atoms with E-state index in [1.54, 1.807) is 18.9 Å². The quantitative estimate of drug-likeness (QED) is 0.617. The third-order valence-corrected chi connectivity index (χ3v) is 2.54. The smallest absolute Gasteiger partial charge is 0.320 e. The molecule has 0 aliphatic heterocycles. The molecule has 1 amide bonds. The normalized spacial score (nSPS) is 12.6. The number of hydrogen-bond donors (Lipinski definition) is 1. The van der Waals surface area contributed by atoms with Crippen LogP contribution >= 0.6 is 0 Å². The van der Waals surface area contributed by atoms with E-state index in [1.165, 1.54) is 0 Å². The lowest BCUT2D eigenvalue weighted by Gasteiger charge is -2.25. The maximum Gasteiger partial charge on any atom is 0.320 e. The van der Waals surface area contributed by atoms with Crippen LogP contribution in [0.4, 0.5) is 0 Å². The first kappa shape index (κ1) is 17.9. The van der Waals surface area contributed by atoms with Gasteiger partial charge < -0.3 is 14.8 Å². The molecule has 0 aliphatic rings. The van der Waals surface area contributed by atoms with E-state index in [0.29, 0.717) is 13.2 Å². The molecule has 1 N–H and O–H groups in total. The van der Waals surface area contributed by atoms with E-state index in [1.807, 2.05) is 20.8 Å². The highest BCUT2D eigenvalue weighted by molar-refractivity contribution is 5.79. The van der Waals surface area contributed by atoms with Crippen molar-refractivity contribution in [3.63, 3.8) is 0 Å². The summed E-state index contributed by atoms with van der Waals surface area (Å²) in [6.45, 7) is 8.61. The summed E-state index contributed by atoms with van der Waals surface area (Å²) in [5, 5.41) is 2.81. The van der Waals surface area contributed by atoms with E-state index in [0.717, 1.165) is 0 Å². The second-order valence-electron chi connectivity index (χ2n) is 4.73. The van der Waals surface area contributed by atoms with E-state index in [9.17, 15) is 9.59 Å². The topological polar surface area (TPSA) is 67.9 Å². The Bertz CT molecular complexity index is 282. The maximum absolute atomic E-state index is 11.8. The Hall–Kier alpha value is -1.14. The lowest BCUT2D eigenvalue weighted by atomic mass is 10.3. The monoisotopic (exact) mass is 274 g/mol. The summed E-state index contributed by atoms with van der Waals surface area (Å²) >= 11 is 0. The zero-order chi connectivity index (χ0) is 14.8. The van der Waals surface area contributed by atoms with Crippen molar-refractivity contribution in [3.05, 3.63) is 0 Å². The van der Waals surface area contributed by atoms with Gasteiger partial charge in [0, 0.05) is 19.2 Å². The van der Waals surface area contributed by atoms with Crippen LogP contribution in [0.15, 0.2) is 0 Å². The number of methoxy groups -OCH3 is 1. The molecule has 0 aromatic carbocycles. The van der Waals surface area contributed by atoms with Crippen LogP contribution in [0.25, 0.3) is 0 Å². The van der Waals surface area contributed by atoms with Gasteiger partial charge in [0.25, 0.3) is 0 Å². The van der Waals surface area contributed by atoms with Crippen LogP contribution < -0.4 is 5.32 Å². The minimum atomic E-state index is -0.311. The van der Waals surface area contributed by atoms with Crippen LogP contribution in [0, 0.1) is 0 Å². The fourth-order valence-corrected chi connectivity index (χ4v) is 1.59. The molecule has 1 atom stereocenters. The molecule has 0 heterocycles. The van der Waals surface area contributed by atoms with Crippen LogP contribution in [-0.2, 0) is 19.1 Å². The Kier molecular flexibility index (Phi) is 9.16. The summed E-state index contributed by atoms with van der Waals surface area (Å²) in [6, 6.07) is 0.0435. The van der Waals surface area contributed by atoms with Gasteiger partial charge in [-0.1, -0.05) is 0 Å². The highest BCUT2D eigenvalue weighted by atomic mass is 16.5. The summed E-state index contributed by atoms with van der Waals surface area (Å²) < 4.78 is 9.84. The van der Waals surface area contributed by atoms with Crippen LogP contribution in [0.1, 0.15) is 27.7 Å². The summed E-state index contributed by atoms with van der Waals surface area (Å²) in [6.07, 6.45) is 0. The van der Waals surface area contributed by atoms with Gasteiger partial charge in [0.15, 0.2) is 0 Å². The molecule has 112 valence electrons. The predicted octanol–water partition coefficient (Wildman–Crippen LogP) is 0.411. The zero-order valence-electron chi connectivity index (χ0n) is 12.6. The number of carbonyl (C=O) groups is 2. The van der Waals surface area contributed by atoms with Gasteiger partial charge in [0.1, 0.15) is 0 Å². The van der Waals surface area contributed by atoms with E-state index < -0.39 is 0 Å². The molecule has 0 spiro atoms. The molecule has 6 heteroatoms. The van der Waals surface area contributed by atoms with Gasteiger partial charge in [-0.15, -0.1) is 0 Å². The van der Waals surface area contributed by atoms with Gasteiger partial charge >= 0.3 is 5.97 Å². The minimum absolute atomic E-state index is 0.0471. The number of ether oxygens (including phenoxy) is 2. The van der Waals surface area contributed by atoms with Gasteiger partial charge in [-0.2, -0.15) is 0 Å². The van der Waals surface area contributed by atoms with Crippen molar-refractivity contribution in [2.24, 2.45) is 0 Å². The summed E-state index contributed by atoms with van der Waals surface area (Å²) in [7, 11) is 1.59. The van der Waals surface area contributed by atoms with E-state index in [2.05, 4.69) is 5.32 Å². The number of hydrogen-bond acceptors (Lipinski definition) is 5. The Balaban J connectivity index is 4.26. The molecule has 19 heavy (non-hydrogen) atoms. The average Bonchev–Trinajstić information content (AvgIpc) is 2.28. The van der Waals surface area contributed by atoms with Crippen molar-refractivity contribution in [2.75, 3.05) is 33.4 Å². The number of carbonyl (C=O) groups excluding carboxylic acids is 2. The number of nitrogens with zero attached hydrogens (tertiary/aromatic N) is 1. The summed E-state index contributed by atoms with van der Waals surface area (Å²) in [4.78, 5) is 25.0. The molecule has 0 saturated heterocycles. The molecule has 0 aromatic heterocycles. The van der Waals surface area contributed by atoms with Crippen LogP contribution in [0.2, 0.25) is 0 Å². The van der Waals surface area contributed by atoms with Gasteiger partial charge in [-0.3, -0.25) is 14.5 Å². The van der Waals surface area contributed by atoms with Crippen molar-refractivity contribution in [1.82, 2.24) is 10.2 Å². The lowest BCUT2D eigenvalue weighted by Crippen LogP contribution is -2.46. The van der Waals surface area contributed by atoms with E-state index >= 15 is 0 Å². The van der Waals surface area contributed by atoms with Gasteiger partial charge in [-0.25, -0.2) is 0 Å². The standard InChI is InChI=1S/C13H26N2O4/c1-6-19-13(17)8-15(10(2)3)7-12(16)14-11(4)9-18-5/h10-11H,6-9H2,1-5H3,(H,14,16).